The van der Waals surface area contributed by atoms with Gasteiger partial charge < -0.3 is 9.80 Å². The van der Waals surface area contributed by atoms with E-state index in [9.17, 15) is 4.79 Å². The normalized spacial score (nSPS) is 14.9. The van der Waals surface area contributed by atoms with Gasteiger partial charge in [-0.2, -0.15) is 4.98 Å². The van der Waals surface area contributed by atoms with Crippen LogP contribution in [-0.2, 0) is 0 Å². The van der Waals surface area contributed by atoms with Gasteiger partial charge >= 0.3 is 0 Å². The van der Waals surface area contributed by atoms with Gasteiger partial charge in [-0.25, -0.2) is 9.50 Å². The molecule has 0 unspecified atom stereocenters. The lowest BCUT2D eigenvalue weighted by atomic mass is 10.4. The van der Waals surface area contributed by atoms with Crippen molar-refractivity contribution in [3.8, 4) is 0 Å². The van der Waals surface area contributed by atoms with E-state index in [0.717, 1.165) is 11.0 Å². The van der Waals surface area contributed by atoms with E-state index in [4.69, 9.17) is 0 Å². The second-order valence-corrected chi connectivity index (χ2v) is 6.31. The van der Waals surface area contributed by atoms with Gasteiger partial charge in [-0.3, -0.25) is 4.79 Å². The molecule has 0 saturated heterocycles. The molecule has 21 heavy (non-hydrogen) atoms. The summed E-state index contributed by atoms with van der Waals surface area (Å²) in [6.07, 6.45) is 5.89. The van der Waals surface area contributed by atoms with Crippen molar-refractivity contribution < 1.29 is 4.79 Å². The number of hydrogen-bond donors (Lipinski definition) is 0. The fraction of sp³-hybridized carbons (Fsp3) is 0.538. The molecule has 3 rings (SSSR count). The molecule has 0 radical (unpaired) electrons. The fourth-order valence-electron chi connectivity index (χ4n) is 2.13. The summed E-state index contributed by atoms with van der Waals surface area (Å²) in [6, 6.07) is 0.698. The molecular weight excluding hydrogens is 336 g/mol. The number of amides is 1. The van der Waals surface area contributed by atoms with Crippen LogP contribution >= 0.6 is 15.9 Å². The van der Waals surface area contributed by atoms with Crippen molar-refractivity contribution in [3.63, 3.8) is 0 Å². The number of carbonyl (C=O) groups is 1. The Morgan fingerprint density at radius 3 is 2.90 bits per heavy atom. The average Bonchev–Trinajstić information content (AvgIpc) is 3.23. The highest BCUT2D eigenvalue weighted by Gasteiger charge is 2.26. The van der Waals surface area contributed by atoms with Gasteiger partial charge in [0.2, 0.25) is 5.82 Å². The van der Waals surface area contributed by atoms with E-state index < -0.39 is 0 Å². The molecule has 1 aliphatic rings. The van der Waals surface area contributed by atoms with Crippen LogP contribution in [0.2, 0.25) is 0 Å². The smallest absolute Gasteiger partial charge is 0.293 e. The van der Waals surface area contributed by atoms with Crippen molar-refractivity contribution in [1.82, 2.24) is 29.4 Å². The van der Waals surface area contributed by atoms with E-state index >= 15 is 0 Å². The van der Waals surface area contributed by atoms with Crippen LogP contribution in [0.4, 0.5) is 0 Å². The first kappa shape index (κ1) is 14.4. The maximum atomic E-state index is 12.3. The van der Waals surface area contributed by atoms with E-state index in [1.807, 2.05) is 0 Å². The molecular formula is C13H17BrN6O. The predicted octanol–water partition coefficient (Wildman–Crippen LogP) is 1.05. The number of likely N-dealkylation sites (N-methyl/N-ethyl adjacent to an activating group) is 2. The first-order valence-electron chi connectivity index (χ1n) is 6.88. The van der Waals surface area contributed by atoms with Gasteiger partial charge in [0.1, 0.15) is 0 Å². The number of fused-ring (bicyclic) bond motifs is 1. The highest BCUT2D eigenvalue weighted by atomic mass is 79.9. The Hall–Kier alpha value is -1.54. The molecule has 1 amide bonds. The summed E-state index contributed by atoms with van der Waals surface area (Å²) in [7, 11) is 3.87. The van der Waals surface area contributed by atoms with Crippen LogP contribution in [-0.4, -0.2) is 68.5 Å². The summed E-state index contributed by atoms with van der Waals surface area (Å²) < 4.78 is 2.29. The first-order valence-corrected chi connectivity index (χ1v) is 7.67. The monoisotopic (exact) mass is 352 g/mol. The Morgan fingerprint density at radius 2 is 2.19 bits per heavy atom. The van der Waals surface area contributed by atoms with Gasteiger partial charge in [0, 0.05) is 38.6 Å². The Labute approximate surface area is 131 Å². The first-order chi connectivity index (χ1) is 10.0. The highest BCUT2D eigenvalue weighted by Crippen LogP contribution is 2.24. The number of carbonyl (C=O) groups excluding carboxylic acids is 1. The summed E-state index contributed by atoms with van der Waals surface area (Å²) in [4.78, 5) is 24.6. The van der Waals surface area contributed by atoms with E-state index in [1.54, 1.807) is 24.3 Å². The quantitative estimate of drug-likeness (QED) is 0.804. The molecule has 2 heterocycles. The van der Waals surface area contributed by atoms with Crippen LogP contribution in [0.1, 0.15) is 23.5 Å². The molecule has 1 aliphatic carbocycles. The van der Waals surface area contributed by atoms with Crippen molar-refractivity contribution in [3.05, 3.63) is 22.7 Å². The topological polar surface area (TPSA) is 66.6 Å². The largest absolute Gasteiger partial charge is 0.338 e. The third-order valence-electron chi connectivity index (χ3n) is 3.66. The maximum absolute atomic E-state index is 12.3. The van der Waals surface area contributed by atoms with Crippen molar-refractivity contribution in [2.75, 3.05) is 27.2 Å². The van der Waals surface area contributed by atoms with Crippen LogP contribution in [0.5, 0.6) is 0 Å². The van der Waals surface area contributed by atoms with E-state index in [1.165, 1.54) is 17.4 Å². The molecule has 0 aromatic carbocycles. The molecule has 1 fully saturated rings. The molecule has 0 spiro atoms. The average molecular weight is 353 g/mol. The SMILES string of the molecule is CN(CCN(C)C1CC1)C(=O)c1nc2ncc(Br)cn2n1. The minimum absolute atomic E-state index is 0.178. The van der Waals surface area contributed by atoms with Crippen LogP contribution in [0, 0.1) is 0 Å². The van der Waals surface area contributed by atoms with Crippen molar-refractivity contribution in [2.24, 2.45) is 0 Å². The van der Waals surface area contributed by atoms with Crippen LogP contribution in [0.25, 0.3) is 5.78 Å². The van der Waals surface area contributed by atoms with Crippen LogP contribution in [0.15, 0.2) is 16.9 Å². The molecule has 7 nitrogen and oxygen atoms in total. The molecule has 0 atom stereocenters. The summed E-state index contributed by atoms with van der Waals surface area (Å²) in [5.41, 5.74) is 0. The van der Waals surface area contributed by atoms with Gasteiger partial charge in [0.25, 0.3) is 11.7 Å². The minimum atomic E-state index is -0.180. The molecule has 112 valence electrons. The van der Waals surface area contributed by atoms with E-state index in [0.29, 0.717) is 18.4 Å². The highest BCUT2D eigenvalue weighted by molar-refractivity contribution is 9.10. The van der Waals surface area contributed by atoms with E-state index in [2.05, 4.69) is 42.9 Å². The number of nitrogens with zero attached hydrogens (tertiary/aromatic N) is 6. The second-order valence-electron chi connectivity index (χ2n) is 5.39. The molecule has 2 aromatic heterocycles. The van der Waals surface area contributed by atoms with E-state index in [-0.39, 0.29) is 11.7 Å². The van der Waals surface area contributed by atoms with Crippen molar-refractivity contribution in [2.45, 2.75) is 18.9 Å². The second kappa shape index (κ2) is 5.69. The zero-order valence-electron chi connectivity index (χ0n) is 12.0. The third kappa shape index (κ3) is 3.21. The van der Waals surface area contributed by atoms with Gasteiger partial charge in [0.15, 0.2) is 0 Å². The fourth-order valence-corrected chi connectivity index (χ4v) is 2.42. The van der Waals surface area contributed by atoms with Gasteiger partial charge in [-0.05, 0) is 35.8 Å². The molecule has 1 saturated carbocycles. The zero-order valence-corrected chi connectivity index (χ0v) is 13.6. The summed E-state index contributed by atoms with van der Waals surface area (Å²) in [5.74, 6) is 0.419. The molecule has 0 bridgehead atoms. The van der Waals surface area contributed by atoms with Crippen molar-refractivity contribution in [1.29, 1.82) is 0 Å². The minimum Gasteiger partial charge on any atom is -0.338 e. The van der Waals surface area contributed by atoms with Gasteiger partial charge in [-0.15, -0.1) is 5.10 Å². The summed E-state index contributed by atoms with van der Waals surface area (Å²) in [6.45, 7) is 1.53. The predicted molar refractivity (Wildman–Crippen MR) is 81.1 cm³/mol. The van der Waals surface area contributed by atoms with Crippen LogP contribution < -0.4 is 0 Å². The lowest BCUT2D eigenvalue weighted by molar-refractivity contribution is 0.0769. The Bertz CT molecular complexity index is 668. The number of halogens is 1. The van der Waals surface area contributed by atoms with Crippen molar-refractivity contribution >= 4 is 27.6 Å². The number of aromatic nitrogens is 4. The van der Waals surface area contributed by atoms with Crippen LogP contribution in [0.3, 0.4) is 0 Å². The summed E-state index contributed by atoms with van der Waals surface area (Å²) >= 11 is 3.32. The number of hydrogen-bond acceptors (Lipinski definition) is 5. The lowest BCUT2D eigenvalue weighted by Crippen LogP contribution is -2.36. The number of rotatable bonds is 5. The standard InChI is InChI=1S/C13H17BrN6O/c1-18(10-3-4-10)5-6-19(2)12(21)11-16-13-15-7-9(14)8-20(13)17-11/h7-8,10H,3-6H2,1-2H3. The third-order valence-corrected chi connectivity index (χ3v) is 4.07. The molecule has 8 heteroatoms. The Balaban J connectivity index is 1.67. The Kier molecular flexibility index (Phi) is 3.90. The zero-order chi connectivity index (χ0) is 15.0. The molecule has 0 aliphatic heterocycles. The molecule has 2 aromatic rings. The van der Waals surface area contributed by atoms with Gasteiger partial charge in [-0.1, -0.05) is 0 Å². The maximum Gasteiger partial charge on any atom is 0.293 e. The molecule has 0 N–H and O–H groups in total. The van der Waals surface area contributed by atoms with Gasteiger partial charge in [0.05, 0.1) is 4.47 Å². The Morgan fingerprint density at radius 1 is 1.43 bits per heavy atom. The summed E-state index contributed by atoms with van der Waals surface area (Å²) in [5, 5.41) is 4.18. The lowest BCUT2D eigenvalue weighted by Gasteiger charge is -2.20.